The molecule has 0 saturated carbocycles. The van der Waals surface area contributed by atoms with Crippen LogP contribution in [-0.4, -0.2) is 20.7 Å². The molecule has 3 heteroatoms. The van der Waals surface area contributed by atoms with Crippen LogP contribution in [-0.2, 0) is 9.22 Å². The molecule has 0 unspecified atom stereocenters. The van der Waals surface area contributed by atoms with Gasteiger partial charge >= 0.3 is 0 Å². The van der Waals surface area contributed by atoms with Crippen LogP contribution in [0.4, 0.5) is 0 Å². The van der Waals surface area contributed by atoms with Gasteiger partial charge in [-0.25, -0.2) is 0 Å². The van der Waals surface area contributed by atoms with Crippen molar-refractivity contribution in [1.29, 1.82) is 0 Å². The third kappa shape index (κ3) is 4.07. The number of aldehydes is 1. The minimum absolute atomic E-state index is 0.168. The smallest absolute Gasteiger partial charge is 0.193 e. The summed E-state index contributed by atoms with van der Waals surface area (Å²) >= 11 is 0. The maximum Gasteiger partial charge on any atom is 0.193 e. The summed E-state index contributed by atoms with van der Waals surface area (Å²) in [7, 11) is -1.80. The first-order valence-electron chi connectivity index (χ1n) is 5.78. The fourth-order valence-corrected chi connectivity index (χ4v) is 2.35. The molecular weight excluding hydrogens is 204 g/mol. The SMILES string of the molecule is CC[C@@H](C)[C@@H](C=O)O[Si](C)(C)C(C)(C)C. The van der Waals surface area contributed by atoms with Crippen molar-refractivity contribution in [3.05, 3.63) is 0 Å². The lowest BCUT2D eigenvalue weighted by molar-refractivity contribution is -0.116. The highest BCUT2D eigenvalue weighted by atomic mass is 28.4. The van der Waals surface area contributed by atoms with Crippen molar-refractivity contribution in [1.82, 2.24) is 0 Å². The highest BCUT2D eigenvalue weighted by Crippen LogP contribution is 2.37. The average molecular weight is 230 g/mol. The Morgan fingerprint density at radius 1 is 1.33 bits per heavy atom. The van der Waals surface area contributed by atoms with Crippen LogP contribution in [0.5, 0.6) is 0 Å². The zero-order chi connectivity index (χ0) is 12.3. The molecule has 2 nitrogen and oxygen atoms in total. The lowest BCUT2D eigenvalue weighted by Gasteiger charge is -2.39. The summed E-state index contributed by atoms with van der Waals surface area (Å²) in [6, 6.07) is 0. The molecule has 0 bridgehead atoms. The summed E-state index contributed by atoms with van der Waals surface area (Å²) in [5.41, 5.74) is 0. The number of rotatable bonds is 5. The van der Waals surface area contributed by atoms with Gasteiger partial charge in [0.15, 0.2) is 8.32 Å². The Labute approximate surface area is 95.5 Å². The molecule has 0 saturated heterocycles. The van der Waals surface area contributed by atoms with Gasteiger partial charge in [-0.2, -0.15) is 0 Å². The van der Waals surface area contributed by atoms with Crippen molar-refractivity contribution in [2.75, 3.05) is 0 Å². The van der Waals surface area contributed by atoms with Crippen LogP contribution < -0.4 is 0 Å². The normalized spacial score (nSPS) is 17.3. The van der Waals surface area contributed by atoms with Crippen molar-refractivity contribution < 1.29 is 9.22 Å². The molecule has 0 aromatic heterocycles. The van der Waals surface area contributed by atoms with E-state index in [-0.39, 0.29) is 11.1 Å². The highest BCUT2D eigenvalue weighted by molar-refractivity contribution is 6.74. The number of hydrogen-bond donors (Lipinski definition) is 0. The van der Waals surface area contributed by atoms with Gasteiger partial charge in [-0.3, -0.25) is 0 Å². The minimum atomic E-state index is -1.80. The summed E-state index contributed by atoms with van der Waals surface area (Å²) in [6.07, 6.45) is 1.73. The van der Waals surface area contributed by atoms with Gasteiger partial charge in [-0.15, -0.1) is 0 Å². The maximum atomic E-state index is 11.0. The third-order valence-corrected chi connectivity index (χ3v) is 8.05. The van der Waals surface area contributed by atoms with Gasteiger partial charge in [0.2, 0.25) is 0 Å². The largest absolute Gasteiger partial charge is 0.407 e. The number of carbonyl (C=O) groups is 1. The van der Waals surface area contributed by atoms with E-state index >= 15 is 0 Å². The van der Waals surface area contributed by atoms with Crippen LogP contribution in [0.1, 0.15) is 41.0 Å². The van der Waals surface area contributed by atoms with Crippen LogP contribution >= 0.6 is 0 Å². The fourth-order valence-electron chi connectivity index (χ4n) is 1.03. The molecule has 0 rings (SSSR count). The second kappa shape index (κ2) is 5.26. The predicted octanol–water partition coefficient (Wildman–Crippen LogP) is 3.62. The monoisotopic (exact) mass is 230 g/mol. The Kier molecular flexibility index (Phi) is 5.20. The molecule has 0 heterocycles. The molecule has 90 valence electrons. The molecule has 0 aromatic rings. The minimum Gasteiger partial charge on any atom is -0.407 e. The number of carbonyl (C=O) groups excluding carboxylic acids is 1. The van der Waals surface area contributed by atoms with Crippen LogP contribution in [0.3, 0.4) is 0 Å². The topological polar surface area (TPSA) is 26.3 Å². The van der Waals surface area contributed by atoms with Gasteiger partial charge in [0.1, 0.15) is 12.4 Å². The lowest BCUT2D eigenvalue weighted by Crippen LogP contribution is -2.45. The van der Waals surface area contributed by atoms with Gasteiger partial charge in [-0.05, 0) is 24.1 Å². The first-order valence-corrected chi connectivity index (χ1v) is 8.69. The van der Waals surface area contributed by atoms with E-state index in [4.69, 9.17) is 4.43 Å². The summed E-state index contributed by atoms with van der Waals surface area (Å²) in [4.78, 5) is 11.0. The molecule has 15 heavy (non-hydrogen) atoms. The Morgan fingerprint density at radius 2 is 1.80 bits per heavy atom. The van der Waals surface area contributed by atoms with Gasteiger partial charge in [0.25, 0.3) is 0 Å². The molecular formula is C12H26O2Si. The van der Waals surface area contributed by atoms with Crippen molar-refractivity contribution >= 4 is 14.6 Å². The Morgan fingerprint density at radius 3 is 2.07 bits per heavy atom. The first-order chi connectivity index (χ1) is 6.65. The van der Waals surface area contributed by atoms with E-state index in [0.29, 0.717) is 5.92 Å². The van der Waals surface area contributed by atoms with E-state index in [1.54, 1.807) is 0 Å². The molecule has 0 aliphatic heterocycles. The number of hydrogen-bond acceptors (Lipinski definition) is 2. The van der Waals surface area contributed by atoms with Crippen molar-refractivity contribution in [3.8, 4) is 0 Å². The maximum absolute atomic E-state index is 11.0. The lowest BCUT2D eigenvalue weighted by atomic mass is 10.0. The molecule has 0 aromatic carbocycles. The molecule has 0 aliphatic carbocycles. The van der Waals surface area contributed by atoms with Gasteiger partial charge in [0, 0.05) is 0 Å². The Balaban J connectivity index is 4.61. The van der Waals surface area contributed by atoms with E-state index in [9.17, 15) is 4.79 Å². The second-order valence-corrected chi connectivity index (χ2v) is 10.6. The van der Waals surface area contributed by atoms with Crippen molar-refractivity contribution in [2.24, 2.45) is 5.92 Å². The first kappa shape index (κ1) is 14.8. The van der Waals surface area contributed by atoms with Crippen molar-refractivity contribution in [3.63, 3.8) is 0 Å². The zero-order valence-corrected chi connectivity index (χ0v) is 12.3. The van der Waals surface area contributed by atoms with Crippen molar-refractivity contribution in [2.45, 2.75) is 65.3 Å². The standard InChI is InChI=1S/C12H26O2Si/c1-8-10(2)11(9-13)14-15(6,7)12(3,4)5/h9-11H,8H2,1-7H3/t10-,11-/m1/s1. The molecule has 0 fully saturated rings. The van der Waals surface area contributed by atoms with Gasteiger partial charge in [-0.1, -0.05) is 41.0 Å². The van der Waals surface area contributed by atoms with Crippen LogP contribution in [0.15, 0.2) is 0 Å². The van der Waals surface area contributed by atoms with Crippen LogP contribution in [0.25, 0.3) is 0 Å². The molecule has 0 spiro atoms. The molecule has 0 aliphatic rings. The third-order valence-electron chi connectivity index (χ3n) is 3.58. The van der Waals surface area contributed by atoms with E-state index in [1.165, 1.54) is 0 Å². The summed E-state index contributed by atoms with van der Waals surface area (Å²) in [5.74, 6) is 0.316. The second-order valence-electron chi connectivity index (χ2n) is 5.86. The van der Waals surface area contributed by atoms with Crippen LogP contribution in [0.2, 0.25) is 18.1 Å². The average Bonchev–Trinajstić information content (AvgIpc) is 2.11. The Bertz CT molecular complexity index is 206. The van der Waals surface area contributed by atoms with E-state index < -0.39 is 8.32 Å². The zero-order valence-electron chi connectivity index (χ0n) is 11.3. The molecule has 0 amide bonds. The summed E-state index contributed by atoms with van der Waals surface area (Å²) < 4.78 is 6.08. The molecule has 2 atom stereocenters. The van der Waals surface area contributed by atoms with Crippen LogP contribution in [0, 0.1) is 5.92 Å². The molecule has 0 N–H and O–H groups in total. The fraction of sp³-hybridized carbons (Fsp3) is 0.917. The highest BCUT2D eigenvalue weighted by Gasteiger charge is 2.39. The summed E-state index contributed by atoms with van der Waals surface area (Å²) in [6.45, 7) is 15.1. The van der Waals surface area contributed by atoms with Gasteiger partial charge in [0.05, 0.1) is 0 Å². The van der Waals surface area contributed by atoms with E-state index in [2.05, 4.69) is 47.7 Å². The predicted molar refractivity (Wildman–Crippen MR) is 67.6 cm³/mol. The summed E-state index contributed by atoms with van der Waals surface area (Å²) in [5, 5.41) is 0.168. The van der Waals surface area contributed by atoms with E-state index in [1.807, 2.05) is 0 Å². The molecule has 0 radical (unpaired) electrons. The quantitative estimate of drug-likeness (QED) is 0.532. The van der Waals surface area contributed by atoms with E-state index in [0.717, 1.165) is 12.7 Å². The van der Waals surface area contributed by atoms with Gasteiger partial charge < -0.3 is 9.22 Å². The Hall–Kier alpha value is -0.153.